The lowest BCUT2D eigenvalue weighted by atomic mass is 9.80. The lowest BCUT2D eigenvalue weighted by Crippen LogP contribution is -2.41. The summed E-state index contributed by atoms with van der Waals surface area (Å²) in [6.07, 6.45) is 9.96. The first-order chi connectivity index (χ1) is 16.5. The Balaban J connectivity index is 1.45. The van der Waals surface area contributed by atoms with Gasteiger partial charge in [-0.05, 0) is 43.7 Å². The molecule has 6 heteroatoms. The largest absolute Gasteiger partial charge is 0.453 e. The molecule has 0 unspecified atom stereocenters. The van der Waals surface area contributed by atoms with E-state index >= 15 is 0 Å². The van der Waals surface area contributed by atoms with Gasteiger partial charge in [0.05, 0.1) is 6.07 Å². The number of hydrogen-bond acceptors (Lipinski definition) is 5. The van der Waals surface area contributed by atoms with Gasteiger partial charge in [0.25, 0.3) is 0 Å². The van der Waals surface area contributed by atoms with E-state index in [9.17, 15) is 19.6 Å². The Morgan fingerprint density at radius 2 is 1.82 bits per heavy atom. The molecule has 180 valence electrons. The quantitative estimate of drug-likeness (QED) is 0.478. The third-order valence-electron chi connectivity index (χ3n) is 7.52. The summed E-state index contributed by atoms with van der Waals surface area (Å²) in [5, 5.41) is 13.4. The summed E-state index contributed by atoms with van der Waals surface area (Å²) >= 11 is 0. The van der Waals surface area contributed by atoms with Gasteiger partial charge in [-0.1, -0.05) is 56.7 Å². The molecule has 0 spiro atoms. The molecule has 1 amide bonds. The highest BCUT2D eigenvalue weighted by molar-refractivity contribution is 5.99. The number of hydrogen-bond donors (Lipinski definition) is 1. The van der Waals surface area contributed by atoms with Crippen LogP contribution in [0.5, 0.6) is 0 Å². The summed E-state index contributed by atoms with van der Waals surface area (Å²) in [6.45, 7) is 0. The number of rotatable bonds is 9. The van der Waals surface area contributed by atoms with Crippen LogP contribution in [0.4, 0.5) is 0 Å². The first-order valence-electron chi connectivity index (χ1n) is 12.8. The molecule has 1 heterocycles. The van der Waals surface area contributed by atoms with Gasteiger partial charge in [-0.25, -0.2) is 0 Å². The molecule has 1 aromatic carbocycles. The zero-order valence-electron chi connectivity index (χ0n) is 19.8. The molecule has 2 aromatic rings. The Kier molecular flexibility index (Phi) is 8.16. The smallest absolute Gasteiger partial charge is 0.224 e. The normalized spacial score (nSPS) is 21.0. The van der Waals surface area contributed by atoms with Gasteiger partial charge in [0.1, 0.15) is 17.4 Å². The number of amides is 1. The van der Waals surface area contributed by atoms with Gasteiger partial charge >= 0.3 is 0 Å². The van der Waals surface area contributed by atoms with Crippen molar-refractivity contribution in [3.63, 3.8) is 0 Å². The van der Waals surface area contributed by atoms with Crippen LogP contribution in [0.15, 0.2) is 34.7 Å². The fourth-order valence-corrected chi connectivity index (χ4v) is 5.57. The number of carbonyl (C=O) groups is 3. The second-order valence-electron chi connectivity index (χ2n) is 10.0. The molecule has 1 N–H and O–H groups in total. The maximum absolute atomic E-state index is 13.3. The monoisotopic (exact) mass is 462 g/mol. The van der Waals surface area contributed by atoms with Crippen LogP contribution in [0.25, 0.3) is 11.0 Å². The van der Waals surface area contributed by atoms with Crippen LogP contribution in [-0.2, 0) is 9.59 Å². The molecule has 4 rings (SSSR count). The van der Waals surface area contributed by atoms with Crippen LogP contribution in [0.2, 0.25) is 0 Å². The lowest BCUT2D eigenvalue weighted by Gasteiger charge is -2.27. The van der Waals surface area contributed by atoms with E-state index in [0.29, 0.717) is 30.8 Å². The third kappa shape index (κ3) is 6.14. The van der Waals surface area contributed by atoms with Crippen molar-refractivity contribution in [3.05, 3.63) is 36.1 Å². The Bertz CT molecular complexity index is 1030. The maximum Gasteiger partial charge on any atom is 0.224 e. The molecule has 2 fully saturated rings. The van der Waals surface area contributed by atoms with Crippen LogP contribution in [0.3, 0.4) is 0 Å². The van der Waals surface area contributed by atoms with Crippen molar-refractivity contribution in [3.8, 4) is 6.07 Å². The minimum Gasteiger partial charge on any atom is -0.453 e. The highest BCUT2D eigenvalue weighted by atomic mass is 16.3. The minimum atomic E-state index is -0.713. The predicted molar refractivity (Wildman–Crippen MR) is 129 cm³/mol. The fraction of sp³-hybridized carbons (Fsp3) is 0.571. The molecule has 2 saturated carbocycles. The molecule has 2 aliphatic carbocycles. The topological polar surface area (TPSA) is 100 Å². The van der Waals surface area contributed by atoms with Crippen molar-refractivity contribution in [1.82, 2.24) is 5.32 Å². The lowest BCUT2D eigenvalue weighted by molar-refractivity contribution is -0.128. The van der Waals surface area contributed by atoms with E-state index < -0.39 is 12.0 Å². The molecule has 0 aliphatic heterocycles. The van der Waals surface area contributed by atoms with Crippen molar-refractivity contribution in [2.75, 3.05) is 0 Å². The number of ketones is 2. The number of nitrogens with zero attached hydrogens (tertiary/aromatic N) is 1. The number of Topliss-reactive ketones (excluding diaryl/α,β-unsaturated/α-hetero) is 2. The Hall–Kier alpha value is -2.94. The van der Waals surface area contributed by atoms with Gasteiger partial charge in [0.15, 0.2) is 11.5 Å². The summed E-state index contributed by atoms with van der Waals surface area (Å²) in [5.74, 6) is -0.248. The third-order valence-corrected chi connectivity index (χ3v) is 7.52. The second-order valence-corrected chi connectivity index (χ2v) is 10.0. The van der Waals surface area contributed by atoms with Gasteiger partial charge in [0, 0.05) is 30.1 Å². The van der Waals surface area contributed by atoms with E-state index in [1.54, 1.807) is 6.07 Å². The summed E-state index contributed by atoms with van der Waals surface area (Å²) in [5.41, 5.74) is 0.654. The Morgan fingerprint density at radius 1 is 1.06 bits per heavy atom. The molecule has 0 bridgehead atoms. The molecule has 2 aliphatic rings. The van der Waals surface area contributed by atoms with Crippen molar-refractivity contribution < 1.29 is 18.8 Å². The zero-order chi connectivity index (χ0) is 23.9. The van der Waals surface area contributed by atoms with E-state index in [1.807, 2.05) is 24.3 Å². The average Bonchev–Trinajstić information content (AvgIpc) is 3.29. The average molecular weight is 463 g/mol. The molecule has 3 atom stereocenters. The van der Waals surface area contributed by atoms with Gasteiger partial charge in [-0.15, -0.1) is 0 Å². The van der Waals surface area contributed by atoms with Crippen LogP contribution >= 0.6 is 0 Å². The van der Waals surface area contributed by atoms with Crippen molar-refractivity contribution in [2.24, 2.45) is 17.8 Å². The summed E-state index contributed by atoms with van der Waals surface area (Å²) in [4.78, 5) is 38.6. The van der Waals surface area contributed by atoms with Crippen molar-refractivity contribution in [2.45, 2.75) is 83.1 Å². The standard InChI is InChI=1S/C28H34N2O4/c29-18-23(15-20-10-4-6-12-24(20)31)30-28(33)22(14-19-8-2-1-3-9-19)16-25(32)27-17-21-11-5-7-13-26(21)34-27/h5,7,11,13,17,19-20,22-23H,1-4,6,8-10,12,14-16H2,(H,30,33)/t20-,22+,23-/m0/s1. The number of fused-ring (bicyclic) bond motifs is 1. The SMILES string of the molecule is N#C[C@H](C[C@@H]1CCCCC1=O)NC(=O)[C@@H](CC(=O)c1cc2ccccc2o1)CC1CCCCC1. The van der Waals surface area contributed by atoms with E-state index in [1.165, 1.54) is 6.42 Å². The van der Waals surface area contributed by atoms with Crippen molar-refractivity contribution in [1.29, 1.82) is 5.26 Å². The number of nitrogens with one attached hydrogen (secondary N) is 1. The van der Waals surface area contributed by atoms with Gasteiger partial charge in [-0.3, -0.25) is 14.4 Å². The van der Waals surface area contributed by atoms with Crippen LogP contribution < -0.4 is 5.32 Å². The summed E-state index contributed by atoms with van der Waals surface area (Å²) in [7, 11) is 0. The predicted octanol–water partition coefficient (Wildman–Crippen LogP) is 5.75. The van der Waals surface area contributed by atoms with Crippen LogP contribution in [0.1, 0.15) is 87.6 Å². The molecule has 34 heavy (non-hydrogen) atoms. The summed E-state index contributed by atoms with van der Waals surface area (Å²) < 4.78 is 5.74. The van der Waals surface area contributed by atoms with E-state index in [4.69, 9.17) is 4.42 Å². The minimum absolute atomic E-state index is 0.0582. The van der Waals surface area contributed by atoms with E-state index in [2.05, 4.69) is 11.4 Å². The molecular formula is C28H34N2O4. The van der Waals surface area contributed by atoms with Gasteiger partial charge in [0.2, 0.25) is 5.91 Å². The van der Waals surface area contributed by atoms with E-state index in [-0.39, 0.29) is 35.6 Å². The zero-order valence-corrected chi connectivity index (χ0v) is 19.8. The number of benzene rings is 1. The van der Waals surface area contributed by atoms with Crippen LogP contribution in [0, 0.1) is 29.1 Å². The molecule has 1 aromatic heterocycles. The fourth-order valence-electron chi connectivity index (χ4n) is 5.57. The maximum atomic E-state index is 13.3. The second kappa shape index (κ2) is 11.5. The van der Waals surface area contributed by atoms with E-state index in [0.717, 1.165) is 50.3 Å². The molecule has 0 radical (unpaired) electrons. The van der Waals surface area contributed by atoms with Gasteiger partial charge in [-0.2, -0.15) is 5.26 Å². The highest BCUT2D eigenvalue weighted by Crippen LogP contribution is 2.32. The number of furan rings is 1. The van der Waals surface area contributed by atoms with Crippen molar-refractivity contribution >= 4 is 28.4 Å². The number of nitriles is 1. The Morgan fingerprint density at radius 3 is 2.56 bits per heavy atom. The number of para-hydroxylation sites is 1. The molecule has 0 saturated heterocycles. The summed E-state index contributed by atoms with van der Waals surface area (Å²) in [6, 6.07) is 10.7. The molecular weight excluding hydrogens is 428 g/mol. The number of carbonyl (C=O) groups excluding carboxylic acids is 3. The Labute approximate surface area is 201 Å². The molecule has 6 nitrogen and oxygen atoms in total. The highest BCUT2D eigenvalue weighted by Gasteiger charge is 2.31. The van der Waals surface area contributed by atoms with Gasteiger partial charge < -0.3 is 9.73 Å². The first kappa shape index (κ1) is 24.2. The van der Waals surface area contributed by atoms with Crippen LogP contribution in [-0.4, -0.2) is 23.5 Å². The first-order valence-corrected chi connectivity index (χ1v) is 12.8.